The van der Waals surface area contributed by atoms with Crippen molar-refractivity contribution in [1.29, 1.82) is 0 Å². The third-order valence-electron chi connectivity index (χ3n) is 5.09. The van der Waals surface area contributed by atoms with Gasteiger partial charge in [0.05, 0.1) is 24.3 Å². The van der Waals surface area contributed by atoms with Gasteiger partial charge in [-0.2, -0.15) is 0 Å². The quantitative estimate of drug-likeness (QED) is 0.626. The molecule has 0 spiro atoms. The summed E-state index contributed by atoms with van der Waals surface area (Å²) in [5, 5.41) is 3.33. The van der Waals surface area contributed by atoms with E-state index in [1.165, 1.54) is 17.5 Å². The van der Waals surface area contributed by atoms with Gasteiger partial charge in [-0.1, -0.05) is 35.3 Å². The third-order valence-corrected chi connectivity index (χ3v) is 7.57. The number of benzene rings is 2. The van der Waals surface area contributed by atoms with Gasteiger partial charge in [0, 0.05) is 34.4 Å². The number of halogens is 2. The van der Waals surface area contributed by atoms with E-state index in [1.54, 1.807) is 36.4 Å². The third kappa shape index (κ3) is 5.77. The number of nitrogens with zero attached hydrogens (tertiary/aromatic N) is 1. The molecule has 0 saturated carbocycles. The lowest BCUT2D eigenvalue weighted by Crippen LogP contribution is -2.44. The normalized spacial score (nSPS) is 17.2. The molecule has 7 nitrogen and oxygen atoms in total. The first-order valence-electron chi connectivity index (χ1n) is 9.61. The predicted molar refractivity (Wildman–Crippen MR) is 120 cm³/mol. The Morgan fingerprint density at radius 2 is 1.84 bits per heavy atom. The summed E-state index contributed by atoms with van der Waals surface area (Å²) in [6.07, 6.45) is 1.11. The molecule has 1 atom stereocenters. The van der Waals surface area contributed by atoms with E-state index in [4.69, 9.17) is 23.2 Å². The number of sulfonamides is 1. The largest absolute Gasteiger partial charge is 0.465 e. The number of nitrogens with one attached hydrogen (secondary N) is 1. The summed E-state index contributed by atoms with van der Waals surface area (Å²) in [6, 6.07) is 11.2. The van der Waals surface area contributed by atoms with Crippen LogP contribution in [0.2, 0.25) is 10.0 Å². The van der Waals surface area contributed by atoms with E-state index in [-0.39, 0.29) is 28.3 Å². The maximum atomic E-state index is 13.0. The average molecular weight is 485 g/mol. The number of carbonyl (C=O) groups excluding carboxylic acids is 2. The van der Waals surface area contributed by atoms with Gasteiger partial charge in [-0.25, -0.2) is 17.5 Å². The highest BCUT2D eigenvalue weighted by atomic mass is 35.5. The first kappa shape index (κ1) is 23.5. The molecule has 0 radical (unpaired) electrons. The maximum absolute atomic E-state index is 13.0. The fourth-order valence-corrected chi connectivity index (χ4v) is 5.80. The number of anilines is 1. The van der Waals surface area contributed by atoms with Crippen LogP contribution in [0, 0.1) is 5.92 Å². The second kappa shape index (κ2) is 9.99. The number of esters is 1. The van der Waals surface area contributed by atoms with Crippen LogP contribution >= 0.6 is 23.2 Å². The molecule has 2 aromatic carbocycles. The number of ether oxygens (including phenoxy) is 1. The topological polar surface area (TPSA) is 92.8 Å². The van der Waals surface area contributed by atoms with Gasteiger partial charge in [0.2, 0.25) is 15.9 Å². The molecule has 1 amide bonds. The Morgan fingerprint density at radius 3 is 2.52 bits per heavy atom. The van der Waals surface area contributed by atoms with Crippen molar-refractivity contribution in [3.63, 3.8) is 0 Å². The Labute approximate surface area is 191 Å². The van der Waals surface area contributed by atoms with E-state index in [0.29, 0.717) is 36.2 Å². The van der Waals surface area contributed by atoms with Crippen molar-refractivity contribution in [2.45, 2.75) is 18.6 Å². The molecule has 1 heterocycles. The average Bonchev–Trinajstić information content (AvgIpc) is 2.76. The molecule has 0 aliphatic carbocycles. The summed E-state index contributed by atoms with van der Waals surface area (Å²) >= 11 is 12.2. The molecule has 1 aliphatic rings. The van der Waals surface area contributed by atoms with Crippen molar-refractivity contribution < 1.29 is 22.7 Å². The van der Waals surface area contributed by atoms with Gasteiger partial charge >= 0.3 is 5.97 Å². The molecule has 1 unspecified atom stereocenters. The Balaban J connectivity index is 1.70. The van der Waals surface area contributed by atoms with Gasteiger partial charge in [0.1, 0.15) is 0 Å². The fourth-order valence-electron chi connectivity index (χ4n) is 3.44. The van der Waals surface area contributed by atoms with Gasteiger partial charge in [-0.05, 0) is 43.2 Å². The van der Waals surface area contributed by atoms with Crippen LogP contribution in [0.3, 0.4) is 0 Å². The number of rotatable bonds is 6. The van der Waals surface area contributed by atoms with Crippen molar-refractivity contribution in [3.05, 3.63) is 63.6 Å². The summed E-state index contributed by atoms with van der Waals surface area (Å²) < 4.78 is 31.9. The second-order valence-corrected chi connectivity index (χ2v) is 10.00. The minimum Gasteiger partial charge on any atom is -0.465 e. The highest BCUT2D eigenvalue weighted by molar-refractivity contribution is 7.88. The van der Waals surface area contributed by atoms with Crippen LogP contribution in [0.4, 0.5) is 5.69 Å². The molecule has 1 N–H and O–H groups in total. The summed E-state index contributed by atoms with van der Waals surface area (Å²) in [5.74, 6) is -1.67. The van der Waals surface area contributed by atoms with E-state index in [0.717, 1.165) is 0 Å². The second-order valence-electron chi connectivity index (χ2n) is 7.22. The zero-order valence-electron chi connectivity index (χ0n) is 16.8. The number of carbonyl (C=O) groups is 2. The predicted octanol–water partition coefficient (Wildman–Crippen LogP) is 3.96. The van der Waals surface area contributed by atoms with Gasteiger partial charge < -0.3 is 10.1 Å². The lowest BCUT2D eigenvalue weighted by atomic mass is 9.98. The van der Waals surface area contributed by atoms with Gasteiger partial charge in [0.25, 0.3) is 0 Å². The van der Waals surface area contributed by atoms with Gasteiger partial charge in [-0.15, -0.1) is 0 Å². The number of hydrogen-bond acceptors (Lipinski definition) is 5. The molecule has 1 aliphatic heterocycles. The molecule has 31 heavy (non-hydrogen) atoms. The first-order valence-corrected chi connectivity index (χ1v) is 12.0. The SMILES string of the molecule is COC(=O)c1cccc(NC(=O)C2CCCN(S(=O)(=O)Cc3c(Cl)cccc3Cl)C2)c1. The molecule has 1 fully saturated rings. The van der Waals surface area contributed by atoms with Crippen LogP contribution in [-0.2, 0) is 25.3 Å². The van der Waals surface area contributed by atoms with Crippen molar-refractivity contribution in [1.82, 2.24) is 4.31 Å². The molecule has 3 rings (SSSR count). The van der Waals surface area contributed by atoms with Crippen molar-refractivity contribution in [2.75, 3.05) is 25.5 Å². The van der Waals surface area contributed by atoms with E-state index in [2.05, 4.69) is 10.1 Å². The van der Waals surface area contributed by atoms with Crippen LogP contribution in [0.25, 0.3) is 0 Å². The molecule has 10 heteroatoms. The van der Waals surface area contributed by atoms with Gasteiger partial charge in [0.15, 0.2) is 0 Å². The Bertz CT molecular complexity index is 1070. The summed E-state index contributed by atoms with van der Waals surface area (Å²) in [7, 11) is -2.44. The van der Waals surface area contributed by atoms with E-state index >= 15 is 0 Å². The van der Waals surface area contributed by atoms with Gasteiger partial charge in [-0.3, -0.25) is 4.79 Å². The van der Waals surface area contributed by atoms with Crippen molar-refractivity contribution >= 4 is 50.8 Å². The standard InChI is InChI=1S/C21H22Cl2N2O5S/c1-30-21(27)14-5-2-7-16(11-14)24-20(26)15-6-4-10-25(12-15)31(28,29)13-17-18(22)8-3-9-19(17)23/h2-3,5,7-9,11,15H,4,6,10,12-13H2,1H3,(H,24,26). The van der Waals surface area contributed by atoms with Crippen LogP contribution < -0.4 is 5.32 Å². The van der Waals surface area contributed by atoms with Crippen LogP contribution in [0.15, 0.2) is 42.5 Å². The molecule has 1 saturated heterocycles. The molecule has 0 aromatic heterocycles. The minimum atomic E-state index is -3.72. The van der Waals surface area contributed by atoms with Crippen LogP contribution in [0.5, 0.6) is 0 Å². The molecular weight excluding hydrogens is 463 g/mol. The van der Waals surface area contributed by atoms with Crippen molar-refractivity contribution in [2.24, 2.45) is 5.92 Å². The fraction of sp³-hybridized carbons (Fsp3) is 0.333. The number of amides is 1. The van der Waals surface area contributed by atoms with Crippen LogP contribution in [0.1, 0.15) is 28.8 Å². The zero-order chi connectivity index (χ0) is 22.6. The number of methoxy groups -OCH3 is 1. The zero-order valence-corrected chi connectivity index (χ0v) is 19.1. The highest BCUT2D eigenvalue weighted by Crippen LogP contribution is 2.29. The van der Waals surface area contributed by atoms with Crippen LogP contribution in [-0.4, -0.2) is 44.8 Å². The van der Waals surface area contributed by atoms with E-state index in [1.807, 2.05) is 0 Å². The summed E-state index contributed by atoms with van der Waals surface area (Å²) in [5.41, 5.74) is 1.09. The Kier molecular flexibility index (Phi) is 7.59. The smallest absolute Gasteiger partial charge is 0.337 e. The number of hydrogen-bond donors (Lipinski definition) is 1. The highest BCUT2D eigenvalue weighted by Gasteiger charge is 2.33. The lowest BCUT2D eigenvalue weighted by molar-refractivity contribution is -0.120. The molecule has 166 valence electrons. The summed E-state index contributed by atoms with van der Waals surface area (Å²) in [4.78, 5) is 24.4. The molecule has 2 aromatic rings. The molecule has 0 bridgehead atoms. The van der Waals surface area contributed by atoms with Crippen molar-refractivity contribution in [3.8, 4) is 0 Å². The lowest BCUT2D eigenvalue weighted by Gasteiger charge is -2.31. The Morgan fingerprint density at radius 1 is 1.16 bits per heavy atom. The van der Waals surface area contributed by atoms with E-state index < -0.39 is 21.9 Å². The maximum Gasteiger partial charge on any atom is 0.337 e. The first-order chi connectivity index (χ1) is 14.7. The molecular formula is C21H22Cl2N2O5S. The minimum absolute atomic E-state index is 0.0624. The number of piperidine rings is 1. The Hall–Kier alpha value is -2.13. The van der Waals surface area contributed by atoms with E-state index in [9.17, 15) is 18.0 Å². The summed E-state index contributed by atoms with van der Waals surface area (Å²) in [6.45, 7) is 0.388. The monoisotopic (exact) mass is 484 g/mol.